The summed E-state index contributed by atoms with van der Waals surface area (Å²) in [7, 11) is 1.96. The van der Waals surface area contributed by atoms with Crippen molar-refractivity contribution >= 4 is 11.6 Å². The molecule has 2 atom stereocenters. The van der Waals surface area contributed by atoms with E-state index in [1.165, 1.54) is 5.56 Å². The Morgan fingerprint density at radius 2 is 2.26 bits per heavy atom. The fourth-order valence-electron chi connectivity index (χ4n) is 2.80. The maximum absolute atomic E-state index is 6.14. The quantitative estimate of drug-likeness (QED) is 0.919. The molecule has 0 amide bonds. The van der Waals surface area contributed by atoms with Gasteiger partial charge in [0.05, 0.1) is 18.8 Å². The van der Waals surface area contributed by atoms with E-state index in [0.29, 0.717) is 6.04 Å². The second-order valence-electron chi connectivity index (χ2n) is 5.30. The smallest absolute Gasteiger partial charge is 0.0896 e. The maximum Gasteiger partial charge on any atom is 0.0896 e. The minimum Gasteiger partial charge on any atom is -0.374 e. The zero-order chi connectivity index (χ0) is 13.8. The highest BCUT2D eigenvalue weighted by atomic mass is 35.5. The molecule has 1 N–H and O–H groups in total. The van der Waals surface area contributed by atoms with E-state index in [1.807, 2.05) is 19.2 Å². The second-order valence-corrected chi connectivity index (χ2v) is 5.73. The molecule has 1 aliphatic rings. The first-order chi connectivity index (χ1) is 9.13. The van der Waals surface area contributed by atoms with Crippen molar-refractivity contribution in [3.63, 3.8) is 0 Å². The summed E-state index contributed by atoms with van der Waals surface area (Å²) < 4.78 is 5.96. The molecule has 0 spiro atoms. The Kier molecular flexibility index (Phi) is 5.22. The van der Waals surface area contributed by atoms with Crippen molar-refractivity contribution in [2.24, 2.45) is 0 Å². The van der Waals surface area contributed by atoms with Crippen molar-refractivity contribution in [2.45, 2.75) is 32.0 Å². The molecule has 1 aliphatic heterocycles. The predicted octanol–water partition coefficient (Wildman–Crippen LogP) is 2.71. The van der Waals surface area contributed by atoms with Gasteiger partial charge in [0.1, 0.15) is 0 Å². The fourth-order valence-corrected chi connectivity index (χ4v) is 3.00. The summed E-state index contributed by atoms with van der Waals surface area (Å²) in [6, 6.07) is 8.89. The van der Waals surface area contributed by atoms with Crippen LogP contribution in [-0.2, 0) is 4.74 Å². The van der Waals surface area contributed by atoms with Gasteiger partial charge in [-0.25, -0.2) is 0 Å². The van der Waals surface area contributed by atoms with Gasteiger partial charge in [-0.05, 0) is 38.6 Å². The van der Waals surface area contributed by atoms with Gasteiger partial charge in [0.2, 0.25) is 0 Å². The first kappa shape index (κ1) is 14.8. The highest BCUT2D eigenvalue weighted by Gasteiger charge is 2.34. The van der Waals surface area contributed by atoms with Crippen LogP contribution in [0.4, 0.5) is 0 Å². The predicted molar refractivity (Wildman–Crippen MR) is 79.7 cm³/mol. The minimum atomic E-state index is 0.166. The van der Waals surface area contributed by atoms with Crippen LogP contribution in [-0.4, -0.2) is 43.8 Å². The van der Waals surface area contributed by atoms with Gasteiger partial charge in [-0.3, -0.25) is 4.90 Å². The van der Waals surface area contributed by atoms with E-state index < -0.39 is 0 Å². The molecule has 0 aromatic heterocycles. The number of nitrogens with zero attached hydrogens (tertiary/aromatic N) is 1. The van der Waals surface area contributed by atoms with Crippen molar-refractivity contribution in [3.05, 3.63) is 34.9 Å². The number of ether oxygens (including phenoxy) is 1. The minimum absolute atomic E-state index is 0.166. The Labute approximate surface area is 120 Å². The van der Waals surface area contributed by atoms with Crippen LogP contribution in [0.15, 0.2) is 24.3 Å². The van der Waals surface area contributed by atoms with E-state index in [9.17, 15) is 0 Å². The number of hydrogen-bond acceptors (Lipinski definition) is 3. The van der Waals surface area contributed by atoms with Gasteiger partial charge in [-0.2, -0.15) is 0 Å². The number of hydrogen-bond donors (Lipinski definition) is 1. The molecule has 1 aromatic rings. The van der Waals surface area contributed by atoms with E-state index in [-0.39, 0.29) is 12.1 Å². The largest absolute Gasteiger partial charge is 0.374 e. The van der Waals surface area contributed by atoms with E-state index in [0.717, 1.165) is 24.7 Å². The average Bonchev–Trinajstić information content (AvgIpc) is 2.38. The lowest BCUT2D eigenvalue weighted by Crippen LogP contribution is -2.51. The molecule has 4 heteroatoms. The number of halogens is 1. The van der Waals surface area contributed by atoms with Gasteiger partial charge in [0.25, 0.3) is 0 Å². The van der Waals surface area contributed by atoms with Crippen LogP contribution in [0.5, 0.6) is 0 Å². The fraction of sp³-hybridized carbons (Fsp3) is 0.600. The molecular weight excluding hydrogens is 260 g/mol. The Bertz CT molecular complexity index is 409. The summed E-state index contributed by atoms with van der Waals surface area (Å²) in [5, 5.41) is 4.01. The van der Waals surface area contributed by atoms with Crippen molar-refractivity contribution in [3.8, 4) is 0 Å². The number of benzene rings is 1. The van der Waals surface area contributed by atoms with Crippen LogP contribution < -0.4 is 5.32 Å². The summed E-state index contributed by atoms with van der Waals surface area (Å²) in [4.78, 5) is 2.50. The molecule has 1 aromatic carbocycles. The molecule has 2 unspecified atom stereocenters. The van der Waals surface area contributed by atoms with Crippen LogP contribution in [0, 0.1) is 0 Å². The van der Waals surface area contributed by atoms with Crippen molar-refractivity contribution in [1.29, 1.82) is 0 Å². The van der Waals surface area contributed by atoms with E-state index >= 15 is 0 Å². The average molecular weight is 283 g/mol. The van der Waals surface area contributed by atoms with Crippen molar-refractivity contribution in [1.82, 2.24) is 10.2 Å². The number of rotatable bonds is 4. The first-order valence-electron chi connectivity index (χ1n) is 6.91. The third kappa shape index (κ3) is 3.48. The Hall–Kier alpha value is -0.610. The van der Waals surface area contributed by atoms with Gasteiger partial charge >= 0.3 is 0 Å². The topological polar surface area (TPSA) is 24.5 Å². The number of likely N-dealkylation sites (N-methyl/N-ethyl adjacent to an activating group) is 1. The molecule has 1 saturated heterocycles. The molecular formula is C15H23ClN2O. The Morgan fingerprint density at radius 3 is 2.89 bits per heavy atom. The SMILES string of the molecule is CNCC1OCCN(C(C)C)C1c1cccc(Cl)c1. The third-order valence-electron chi connectivity index (χ3n) is 3.65. The molecule has 0 saturated carbocycles. The molecule has 1 fully saturated rings. The zero-order valence-corrected chi connectivity index (χ0v) is 12.7. The lowest BCUT2D eigenvalue weighted by molar-refractivity contribution is -0.0815. The Balaban J connectivity index is 2.31. The van der Waals surface area contributed by atoms with Crippen LogP contribution in [0.2, 0.25) is 5.02 Å². The highest BCUT2D eigenvalue weighted by molar-refractivity contribution is 6.30. The molecule has 106 valence electrons. The first-order valence-corrected chi connectivity index (χ1v) is 7.28. The second kappa shape index (κ2) is 6.71. The lowest BCUT2D eigenvalue weighted by Gasteiger charge is -2.43. The monoisotopic (exact) mass is 282 g/mol. The molecule has 19 heavy (non-hydrogen) atoms. The molecule has 1 heterocycles. The van der Waals surface area contributed by atoms with E-state index in [4.69, 9.17) is 16.3 Å². The highest BCUT2D eigenvalue weighted by Crippen LogP contribution is 2.32. The summed E-state index contributed by atoms with van der Waals surface area (Å²) in [6.45, 7) is 7.08. The summed E-state index contributed by atoms with van der Waals surface area (Å²) in [5.74, 6) is 0. The van der Waals surface area contributed by atoms with Crippen LogP contribution in [0.1, 0.15) is 25.5 Å². The normalized spacial score (nSPS) is 24.9. The van der Waals surface area contributed by atoms with Crippen molar-refractivity contribution < 1.29 is 4.74 Å². The molecule has 0 aliphatic carbocycles. The summed E-state index contributed by atoms with van der Waals surface area (Å²) in [5.41, 5.74) is 1.24. The molecule has 0 bridgehead atoms. The Morgan fingerprint density at radius 1 is 1.47 bits per heavy atom. The molecule has 2 rings (SSSR count). The van der Waals surface area contributed by atoms with Gasteiger partial charge in [-0.1, -0.05) is 23.7 Å². The lowest BCUT2D eigenvalue weighted by atomic mass is 9.96. The van der Waals surface area contributed by atoms with Crippen LogP contribution in [0.3, 0.4) is 0 Å². The van der Waals surface area contributed by atoms with Gasteiger partial charge < -0.3 is 10.1 Å². The number of morpholine rings is 1. The van der Waals surface area contributed by atoms with Gasteiger partial charge in [0.15, 0.2) is 0 Å². The summed E-state index contributed by atoms with van der Waals surface area (Å²) in [6.07, 6.45) is 0.166. The summed E-state index contributed by atoms with van der Waals surface area (Å²) >= 11 is 6.14. The molecule has 3 nitrogen and oxygen atoms in total. The van der Waals surface area contributed by atoms with E-state index in [1.54, 1.807) is 0 Å². The maximum atomic E-state index is 6.14. The number of nitrogens with one attached hydrogen (secondary N) is 1. The zero-order valence-electron chi connectivity index (χ0n) is 11.9. The van der Waals surface area contributed by atoms with Gasteiger partial charge in [0, 0.05) is 24.2 Å². The van der Waals surface area contributed by atoms with E-state index in [2.05, 4.69) is 36.2 Å². The van der Waals surface area contributed by atoms with Crippen molar-refractivity contribution in [2.75, 3.05) is 26.7 Å². The molecule has 0 radical (unpaired) electrons. The van der Waals surface area contributed by atoms with Crippen LogP contribution >= 0.6 is 11.6 Å². The van der Waals surface area contributed by atoms with Crippen LogP contribution in [0.25, 0.3) is 0 Å². The standard InChI is InChI=1S/C15H23ClN2O/c1-11(2)18-7-8-19-14(10-17-3)15(18)12-5-4-6-13(16)9-12/h4-6,9,11,14-15,17H,7-8,10H2,1-3H3. The third-order valence-corrected chi connectivity index (χ3v) is 3.88. The van der Waals surface area contributed by atoms with Gasteiger partial charge in [-0.15, -0.1) is 0 Å².